The molecule has 0 saturated carbocycles. The fourth-order valence-corrected chi connectivity index (χ4v) is 3.50. The van der Waals surface area contributed by atoms with Gasteiger partial charge >= 0.3 is 5.97 Å². The van der Waals surface area contributed by atoms with Gasteiger partial charge in [0, 0.05) is 4.88 Å². The maximum absolute atomic E-state index is 12.3. The SMILES string of the molecule is COC(=O)Cc1sc(NC(=O)CN2C(=O)c3ccccc3C2=O)nc1C. The largest absolute Gasteiger partial charge is 0.469 e. The van der Waals surface area contributed by atoms with Gasteiger partial charge in [0.25, 0.3) is 11.8 Å². The number of esters is 1. The number of amides is 3. The van der Waals surface area contributed by atoms with Crippen LogP contribution >= 0.6 is 11.3 Å². The first-order valence-corrected chi connectivity index (χ1v) is 8.50. The summed E-state index contributed by atoms with van der Waals surface area (Å²) >= 11 is 1.15. The van der Waals surface area contributed by atoms with E-state index in [4.69, 9.17) is 0 Å². The highest BCUT2D eigenvalue weighted by molar-refractivity contribution is 7.16. The molecular formula is C17H15N3O5S. The highest BCUT2D eigenvalue weighted by Crippen LogP contribution is 2.25. The lowest BCUT2D eigenvalue weighted by atomic mass is 10.1. The highest BCUT2D eigenvalue weighted by atomic mass is 32.1. The van der Waals surface area contributed by atoms with Gasteiger partial charge < -0.3 is 10.1 Å². The zero-order valence-electron chi connectivity index (χ0n) is 14.1. The molecule has 0 radical (unpaired) electrons. The Morgan fingerprint density at radius 1 is 1.19 bits per heavy atom. The van der Waals surface area contributed by atoms with Gasteiger partial charge in [-0.25, -0.2) is 4.98 Å². The molecule has 1 aromatic heterocycles. The second-order valence-electron chi connectivity index (χ2n) is 5.57. The summed E-state index contributed by atoms with van der Waals surface area (Å²) in [4.78, 5) is 53.9. The quantitative estimate of drug-likeness (QED) is 0.627. The third kappa shape index (κ3) is 3.33. The monoisotopic (exact) mass is 373 g/mol. The normalized spacial score (nSPS) is 12.9. The third-order valence-electron chi connectivity index (χ3n) is 3.85. The molecule has 2 aromatic rings. The molecule has 3 amide bonds. The summed E-state index contributed by atoms with van der Waals surface area (Å²) in [5.41, 5.74) is 1.18. The Hall–Kier alpha value is -3.07. The van der Waals surface area contributed by atoms with Crippen LogP contribution in [-0.4, -0.2) is 47.2 Å². The van der Waals surface area contributed by atoms with Gasteiger partial charge in [-0.2, -0.15) is 0 Å². The first-order valence-electron chi connectivity index (χ1n) is 7.69. The van der Waals surface area contributed by atoms with Crippen molar-refractivity contribution in [2.24, 2.45) is 0 Å². The molecule has 8 nitrogen and oxygen atoms in total. The number of ether oxygens (including phenoxy) is 1. The molecule has 0 saturated heterocycles. The van der Waals surface area contributed by atoms with E-state index in [0.29, 0.717) is 15.7 Å². The summed E-state index contributed by atoms with van der Waals surface area (Å²) in [6, 6.07) is 6.43. The molecule has 0 unspecified atom stereocenters. The molecule has 2 heterocycles. The number of nitrogens with one attached hydrogen (secondary N) is 1. The second-order valence-corrected chi connectivity index (χ2v) is 6.65. The predicted molar refractivity (Wildman–Crippen MR) is 93.0 cm³/mol. The summed E-state index contributed by atoms with van der Waals surface area (Å²) in [5, 5.41) is 2.85. The molecule has 0 aliphatic carbocycles. The maximum Gasteiger partial charge on any atom is 0.310 e. The lowest BCUT2D eigenvalue weighted by Crippen LogP contribution is -2.37. The van der Waals surface area contributed by atoms with Crippen LogP contribution in [0, 0.1) is 6.92 Å². The smallest absolute Gasteiger partial charge is 0.310 e. The Kier molecular flexibility index (Phi) is 4.81. The van der Waals surface area contributed by atoms with Crippen LogP contribution in [0.1, 0.15) is 31.3 Å². The summed E-state index contributed by atoms with van der Waals surface area (Å²) in [5.74, 6) is -1.94. The molecular weight excluding hydrogens is 358 g/mol. The van der Waals surface area contributed by atoms with Crippen LogP contribution in [0.25, 0.3) is 0 Å². The average Bonchev–Trinajstić information content (AvgIpc) is 3.07. The van der Waals surface area contributed by atoms with Gasteiger partial charge in [0.1, 0.15) is 6.54 Å². The summed E-state index contributed by atoms with van der Waals surface area (Å²) in [6.45, 7) is 1.31. The van der Waals surface area contributed by atoms with Crippen molar-refractivity contribution in [2.45, 2.75) is 13.3 Å². The summed E-state index contributed by atoms with van der Waals surface area (Å²) < 4.78 is 4.61. The molecule has 1 aliphatic rings. The Balaban J connectivity index is 1.67. The standard InChI is InChI=1S/C17H15N3O5S/c1-9-12(7-14(22)25-2)26-17(18-9)19-13(21)8-20-15(23)10-5-3-4-6-11(10)16(20)24/h3-6H,7-8H2,1-2H3,(H,18,19,21). The molecule has 0 atom stereocenters. The fraction of sp³-hybridized carbons (Fsp3) is 0.235. The molecule has 0 spiro atoms. The first-order chi connectivity index (χ1) is 12.4. The lowest BCUT2D eigenvalue weighted by Gasteiger charge is -2.12. The van der Waals surface area contributed by atoms with Gasteiger partial charge in [-0.05, 0) is 19.1 Å². The molecule has 1 aliphatic heterocycles. The van der Waals surface area contributed by atoms with Crippen molar-refractivity contribution in [3.05, 3.63) is 46.0 Å². The van der Waals surface area contributed by atoms with Crippen molar-refractivity contribution in [1.82, 2.24) is 9.88 Å². The van der Waals surface area contributed by atoms with E-state index in [0.717, 1.165) is 16.2 Å². The molecule has 134 valence electrons. The first kappa shape index (κ1) is 17.7. The topological polar surface area (TPSA) is 106 Å². The van der Waals surface area contributed by atoms with Gasteiger partial charge in [0.05, 0.1) is 30.4 Å². The number of aryl methyl sites for hydroxylation is 1. The second kappa shape index (κ2) is 7.04. The number of anilines is 1. The number of aromatic nitrogens is 1. The van der Waals surface area contributed by atoms with Gasteiger partial charge in [-0.3, -0.25) is 24.1 Å². The van der Waals surface area contributed by atoms with Crippen LogP contribution in [0.5, 0.6) is 0 Å². The van der Waals surface area contributed by atoms with Gasteiger partial charge in [-0.1, -0.05) is 12.1 Å². The molecule has 26 heavy (non-hydrogen) atoms. The van der Waals surface area contributed by atoms with Crippen LogP contribution in [-0.2, 0) is 20.7 Å². The number of fused-ring (bicyclic) bond motifs is 1. The zero-order valence-corrected chi connectivity index (χ0v) is 14.9. The number of nitrogens with zero attached hydrogens (tertiary/aromatic N) is 2. The Morgan fingerprint density at radius 3 is 2.38 bits per heavy atom. The van der Waals surface area contributed by atoms with Crippen molar-refractivity contribution in [2.75, 3.05) is 19.0 Å². The lowest BCUT2D eigenvalue weighted by molar-refractivity contribution is -0.139. The Morgan fingerprint density at radius 2 is 1.81 bits per heavy atom. The van der Waals surface area contributed by atoms with Crippen molar-refractivity contribution in [1.29, 1.82) is 0 Å². The number of hydrogen-bond donors (Lipinski definition) is 1. The van der Waals surface area contributed by atoms with E-state index in [1.165, 1.54) is 7.11 Å². The molecule has 0 bridgehead atoms. The van der Waals surface area contributed by atoms with Crippen LogP contribution in [0.4, 0.5) is 5.13 Å². The van der Waals surface area contributed by atoms with E-state index in [2.05, 4.69) is 15.0 Å². The van der Waals surface area contributed by atoms with Crippen molar-refractivity contribution < 1.29 is 23.9 Å². The molecule has 9 heteroatoms. The zero-order chi connectivity index (χ0) is 18.8. The number of imide groups is 1. The average molecular weight is 373 g/mol. The Bertz CT molecular complexity index is 886. The van der Waals surface area contributed by atoms with E-state index >= 15 is 0 Å². The number of thiazole rings is 1. The number of benzene rings is 1. The van der Waals surface area contributed by atoms with Crippen LogP contribution < -0.4 is 5.32 Å². The maximum atomic E-state index is 12.3. The highest BCUT2D eigenvalue weighted by Gasteiger charge is 2.36. The van der Waals surface area contributed by atoms with Gasteiger partial charge in [0.15, 0.2) is 5.13 Å². The van der Waals surface area contributed by atoms with Gasteiger partial charge in [-0.15, -0.1) is 11.3 Å². The molecule has 1 N–H and O–H groups in total. The van der Waals surface area contributed by atoms with E-state index in [-0.39, 0.29) is 17.5 Å². The minimum absolute atomic E-state index is 0.0638. The number of hydrogen-bond acceptors (Lipinski definition) is 7. The van der Waals surface area contributed by atoms with Crippen LogP contribution in [0.3, 0.4) is 0 Å². The van der Waals surface area contributed by atoms with E-state index in [1.54, 1.807) is 31.2 Å². The van der Waals surface area contributed by atoms with E-state index in [9.17, 15) is 19.2 Å². The number of rotatable bonds is 5. The fourth-order valence-electron chi connectivity index (χ4n) is 2.53. The van der Waals surface area contributed by atoms with E-state index in [1.807, 2.05) is 0 Å². The minimum Gasteiger partial charge on any atom is -0.469 e. The van der Waals surface area contributed by atoms with Crippen LogP contribution in [0.15, 0.2) is 24.3 Å². The minimum atomic E-state index is -0.544. The predicted octanol–water partition coefficient (Wildman–Crippen LogP) is 1.40. The van der Waals surface area contributed by atoms with Crippen molar-refractivity contribution in [3.8, 4) is 0 Å². The van der Waals surface area contributed by atoms with Gasteiger partial charge in [0.2, 0.25) is 5.91 Å². The molecule has 1 aromatic carbocycles. The summed E-state index contributed by atoms with van der Waals surface area (Å²) in [6.07, 6.45) is 0.0638. The Labute approximate surface area is 152 Å². The third-order valence-corrected chi connectivity index (χ3v) is 4.92. The van der Waals surface area contributed by atoms with Crippen LogP contribution in [0.2, 0.25) is 0 Å². The number of methoxy groups -OCH3 is 1. The molecule has 0 fully saturated rings. The number of carbonyl (C=O) groups is 4. The van der Waals surface area contributed by atoms with Crippen molar-refractivity contribution in [3.63, 3.8) is 0 Å². The number of carbonyl (C=O) groups excluding carboxylic acids is 4. The van der Waals surface area contributed by atoms with Crippen molar-refractivity contribution >= 4 is 40.2 Å². The van der Waals surface area contributed by atoms with E-state index < -0.39 is 30.2 Å². The molecule has 3 rings (SSSR count). The summed E-state index contributed by atoms with van der Waals surface area (Å²) in [7, 11) is 1.30.